The maximum Gasteiger partial charge on any atom is 0.204 e. The van der Waals surface area contributed by atoms with Crippen LogP contribution >= 0.6 is 0 Å². The molecular formula is C21H22O9. The Kier molecular flexibility index (Phi) is 5.39. The van der Waals surface area contributed by atoms with Crippen molar-refractivity contribution in [2.75, 3.05) is 19.8 Å². The zero-order chi connectivity index (χ0) is 21.6. The van der Waals surface area contributed by atoms with Gasteiger partial charge in [-0.25, -0.2) is 0 Å². The van der Waals surface area contributed by atoms with Crippen LogP contribution in [0.3, 0.4) is 0 Å². The fraction of sp³-hybridized carbons (Fsp3) is 0.381. The summed E-state index contributed by atoms with van der Waals surface area (Å²) in [6.07, 6.45) is -4.83. The van der Waals surface area contributed by atoms with Crippen LogP contribution in [0.15, 0.2) is 39.5 Å². The van der Waals surface area contributed by atoms with Crippen LogP contribution in [-0.4, -0.2) is 68.8 Å². The Morgan fingerprint density at radius 3 is 2.43 bits per heavy atom. The predicted molar refractivity (Wildman–Crippen MR) is 105 cm³/mol. The van der Waals surface area contributed by atoms with Crippen molar-refractivity contribution in [3.05, 3.63) is 46.1 Å². The number of phenolic OH excluding ortho intramolecular Hbond substituents is 2. The van der Waals surface area contributed by atoms with E-state index in [2.05, 4.69) is 0 Å². The number of para-hydroxylation sites is 1. The van der Waals surface area contributed by atoms with Gasteiger partial charge in [-0.15, -0.1) is 0 Å². The lowest BCUT2D eigenvalue weighted by Crippen LogP contribution is -2.49. The molecule has 1 aliphatic heterocycles. The molecule has 0 unspecified atom stereocenters. The van der Waals surface area contributed by atoms with E-state index in [0.29, 0.717) is 0 Å². The van der Waals surface area contributed by atoms with Gasteiger partial charge in [-0.3, -0.25) is 4.79 Å². The largest absolute Gasteiger partial charge is 0.507 e. The van der Waals surface area contributed by atoms with Gasteiger partial charge in [0.2, 0.25) is 5.43 Å². The van der Waals surface area contributed by atoms with Gasteiger partial charge in [-0.2, -0.15) is 0 Å². The van der Waals surface area contributed by atoms with Gasteiger partial charge in [0, 0.05) is 23.5 Å². The van der Waals surface area contributed by atoms with Crippen LogP contribution < -0.4 is 5.43 Å². The lowest BCUT2D eigenvalue weighted by Gasteiger charge is -2.36. The van der Waals surface area contributed by atoms with Gasteiger partial charge in [0.15, 0.2) is 0 Å². The highest BCUT2D eigenvalue weighted by Gasteiger charge is 2.40. The molecule has 0 amide bonds. The summed E-state index contributed by atoms with van der Waals surface area (Å²) in [4.78, 5) is 12.9. The molecule has 1 fully saturated rings. The third-order valence-electron chi connectivity index (χ3n) is 5.69. The monoisotopic (exact) mass is 418 g/mol. The van der Waals surface area contributed by atoms with Crippen LogP contribution in [0, 0.1) is 5.92 Å². The zero-order valence-electron chi connectivity index (χ0n) is 15.8. The Bertz CT molecular complexity index is 1140. The Hall–Kier alpha value is -2.69. The normalized spacial score (nSPS) is 27.8. The molecule has 0 radical (unpaired) electrons. The average molecular weight is 418 g/mol. The fourth-order valence-electron chi connectivity index (χ4n) is 3.99. The van der Waals surface area contributed by atoms with Crippen molar-refractivity contribution >= 4 is 21.9 Å². The molecule has 0 bridgehead atoms. The summed E-state index contributed by atoms with van der Waals surface area (Å²) >= 11 is 0. The quantitative estimate of drug-likeness (QED) is 0.319. The minimum absolute atomic E-state index is 0.0420. The molecule has 4 rings (SSSR count). The van der Waals surface area contributed by atoms with Gasteiger partial charge in [0.1, 0.15) is 34.2 Å². The van der Waals surface area contributed by atoms with E-state index < -0.39 is 53.7 Å². The second-order valence-corrected chi connectivity index (χ2v) is 7.52. The van der Waals surface area contributed by atoms with Gasteiger partial charge in [0.05, 0.1) is 37.4 Å². The predicted octanol–water partition coefficient (Wildman–Crippen LogP) is 0.162. The summed E-state index contributed by atoms with van der Waals surface area (Å²) in [6.45, 7) is -0.816. The summed E-state index contributed by atoms with van der Waals surface area (Å²) in [7, 11) is 0. The maximum atomic E-state index is 12.9. The first kappa shape index (κ1) is 20.6. The molecular weight excluding hydrogens is 396 g/mol. The maximum absolute atomic E-state index is 12.9. The number of aromatic hydroxyl groups is 2. The molecule has 160 valence electrons. The summed E-state index contributed by atoms with van der Waals surface area (Å²) in [6, 6.07) is 7.60. The molecule has 30 heavy (non-hydrogen) atoms. The van der Waals surface area contributed by atoms with E-state index in [-0.39, 0.29) is 40.7 Å². The van der Waals surface area contributed by atoms with E-state index in [1.54, 1.807) is 18.2 Å². The number of ether oxygens (including phenoxy) is 1. The molecule has 6 N–H and O–H groups in total. The highest BCUT2D eigenvalue weighted by molar-refractivity contribution is 5.95. The van der Waals surface area contributed by atoms with E-state index in [4.69, 9.17) is 9.15 Å². The van der Waals surface area contributed by atoms with Crippen LogP contribution in [0.5, 0.6) is 11.5 Å². The SMILES string of the molecule is O=c1c2ccccc2oc2cc(O)c([C@H]3COC[C@@H](CO)[C@H](O)[C@H](O)[C@@H]3O)c(O)c12. The number of hydrogen-bond acceptors (Lipinski definition) is 9. The van der Waals surface area contributed by atoms with Gasteiger partial charge in [-0.1, -0.05) is 12.1 Å². The molecule has 5 atom stereocenters. The van der Waals surface area contributed by atoms with E-state index in [1.807, 2.05) is 0 Å². The molecule has 9 nitrogen and oxygen atoms in total. The van der Waals surface area contributed by atoms with Gasteiger partial charge in [-0.05, 0) is 12.1 Å². The van der Waals surface area contributed by atoms with Crippen molar-refractivity contribution in [1.29, 1.82) is 0 Å². The summed E-state index contributed by atoms with van der Waals surface area (Å²) in [5, 5.41) is 62.0. The Balaban J connectivity index is 1.88. The van der Waals surface area contributed by atoms with E-state index >= 15 is 0 Å². The number of fused-ring (bicyclic) bond motifs is 2. The third-order valence-corrected chi connectivity index (χ3v) is 5.69. The molecule has 1 saturated heterocycles. The summed E-state index contributed by atoms with van der Waals surface area (Å²) in [5.74, 6) is -3.04. The van der Waals surface area contributed by atoms with Crippen molar-refractivity contribution in [2.24, 2.45) is 5.92 Å². The van der Waals surface area contributed by atoms with Gasteiger partial charge >= 0.3 is 0 Å². The highest BCUT2D eigenvalue weighted by atomic mass is 16.5. The number of aliphatic hydroxyl groups excluding tert-OH is 4. The average Bonchev–Trinajstić information content (AvgIpc) is 2.73. The second kappa shape index (κ2) is 7.86. The molecule has 0 spiro atoms. The summed E-state index contributed by atoms with van der Waals surface area (Å²) in [5.41, 5.74) is -0.483. The van der Waals surface area contributed by atoms with Crippen LogP contribution in [0.4, 0.5) is 0 Å². The van der Waals surface area contributed by atoms with Gasteiger partial charge < -0.3 is 39.8 Å². The lowest BCUT2D eigenvalue weighted by atomic mass is 9.83. The molecule has 2 aromatic carbocycles. The first-order chi connectivity index (χ1) is 14.3. The molecule has 0 saturated carbocycles. The van der Waals surface area contributed by atoms with Crippen LogP contribution in [0.1, 0.15) is 11.5 Å². The van der Waals surface area contributed by atoms with E-state index in [9.17, 15) is 35.4 Å². The number of hydrogen-bond donors (Lipinski definition) is 6. The molecule has 3 aromatic rings. The first-order valence-electron chi connectivity index (χ1n) is 9.48. The minimum Gasteiger partial charge on any atom is -0.507 e. The topological polar surface area (TPSA) is 161 Å². The van der Waals surface area contributed by atoms with Crippen molar-refractivity contribution < 1.29 is 39.8 Å². The summed E-state index contributed by atoms with van der Waals surface area (Å²) < 4.78 is 11.1. The smallest absolute Gasteiger partial charge is 0.204 e. The Morgan fingerprint density at radius 1 is 0.967 bits per heavy atom. The first-order valence-corrected chi connectivity index (χ1v) is 9.48. The minimum atomic E-state index is -1.68. The van der Waals surface area contributed by atoms with E-state index in [0.717, 1.165) is 6.07 Å². The van der Waals surface area contributed by atoms with Crippen molar-refractivity contribution in [2.45, 2.75) is 24.2 Å². The molecule has 2 heterocycles. The number of phenols is 2. The molecule has 1 aliphatic rings. The van der Waals surface area contributed by atoms with Crippen molar-refractivity contribution in [3.63, 3.8) is 0 Å². The lowest BCUT2D eigenvalue weighted by molar-refractivity contribution is -0.133. The van der Waals surface area contributed by atoms with Crippen molar-refractivity contribution in [3.8, 4) is 11.5 Å². The number of benzene rings is 2. The van der Waals surface area contributed by atoms with Crippen LogP contribution in [-0.2, 0) is 4.74 Å². The fourth-order valence-corrected chi connectivity index (χ4v) is 3.99. The van der Waals surface area contributed by atoms with Crippen LogP contribution in [0.2, 0.25) is 0 Å². The standard InChI is InChI=1S/C21H22O9/c22-6-9-7-29-8-11(19(26)21(28)17(9)24)15-12(23)5-14-16(20(15)27)18(25)10-3-1-2-4-13(10)30-14/h1-5,9,11,17,19,21-24,26-28H,6-8H2/t9-,11-,17+,19-,21+/m1/s1. The second-order valence-electron chi connectivity index (χ2n) is 7.52. The van der Waals surface area contributed by atoms with Gasteiger partial charge in [0.25, 0.3) is 0 Å². The molecule has 0 aliphatic carbocycles. The van der Waals surface area contributed by atoms with Crippen LogP contribution in [0.25, 0.3) is 21.9 Å². The van der Waals surface area contributed by atoms with Crippen molar-refractivity contribution in [1.82, 2.24) is 0 Å². The Labute approximate surface area is 170 Å². The highest BCUT2D eigenvalue weighted by Crippen LogP contribution is 2.42. The Morgan fingerprint density at radius 2 is 1.70 bits per heavy atom. The third kappa shape index (κ3) is 3.21. The zero-order valence-corrected chi connectivity index (χ0v) is 15.8. The molecule has 1 aromatic heterocycles. The number of aliphatic hydroxyl groups is 4. The number of rotatable bonds is 2. The van der Waals surface area contributed by atoms with E-state index in [1.165, 1.54) is 6.07 Å². The molecule has 9 heteroatoms.